The van der Waals surface area contributed by atoms with E-state index in [0.717, 1.165) is 32.1 Å². The fourth-order valence-electron chi connectivity index (χ4n) is 13.4. The van der Waals surface area contributed by atoms with E-state index in [9.17, 15) is 14.8 Å². The van der Waals surface area contributed by atoms with E-state index in [1.54, 1.807) is 14.1 Å². The molecule has 4 saturated carbocycles. The SMILES string of the molecule is COC(=O)c1ccc(C2=CC[C@]3(C)[C@H]4CC[C@@H]5[C@H]6[C@H](C(C)C)CC[C@]6(C(=O)NCC[N+](C)(C)O)CC[C@@]5(C)[C@]4(C)CC[C@H]3C2(C)C)cc1. The lowest BCUT2D eigenvalue weighted by Crippen LogP contribution is -2.66. The Bertz CT molecular complexity index is 1440. The van der Waals surface area contributed by atoms with Gasteiger partial charge in [0.25, 0.3) is 0 Å². The van der Waals surface area contributed by atoms with E-state index in [0.29, 0.717) is 54.2 Å². The van der Waals surface area contributed by atoms with E-state index < -0.39 is 0 Å². The Morgan fingerprint density at radius 3 is 2.23 bits per heavy atom. The van der Waals surface area contributed by atoms with E-state index in [1.807, 2.05) is 12.1 Å². The summed E-state index contributed by atoms with van der Waals surface area (Å²) in [5, 5.41) is 13.6. The zero-order chi connectivity index (χ0) is 35.1. The second kappa shape index (κ2) is 12.0. The van der Waals surface area contributed by atoms with E-state index in [-0.39, 0.29) is 43.6 Å². The number of hydrogen-bond acceptors (Lipinski definition) is 4. The van der Waals surface area contributed by atoms with Gasteiger partial charge in [-0.05, 0) is 138 Å². The highest BCUT2D eigenvalue weighted by atomic mass is 16.5. The molecule has 0 saturated heterocycles. The summed E-state index contributed by atoms with van der Waals surface area (Å²) in [5.41, 5.74) is 3.65. The smallest absolute Gasteiger partial charge is 0.337 e. The van der Waals surface area contributed by atoms with Gasteiger partial charge in [-0.15, -0.1) is 0 Å². The molecule has 0 radical (unpaired) electrons. The van der Waals surface area contributed by atoms with Gasteiger partial charge in [-0.25, -0.2) is 10.0 Å². The molecule has 6 nitrogen and oxygen atoms in total. The van der Waals surface area contributed by atoms with Crippen molar-refractivity contribution in [3.05, 3.63) is 41.5 Å². The molecule has 5 aliphatic carbocycles. The first kappa shape index (κ1) is 35.6. The molecule has 0 heterocycles. The van der Waals surface area contributed by atoms with Crippen molar-refractivity contribution < 1.29 is 24.2 Å². The van der Waals surface area contributed by atoms with Crippen molar-refractivity contribution in [2.24, 2.45) is 62.6 Å². The van der Waals surface area contributed by atoms with Crippen molar-refractivity contribution >= 4 is 17.4 Å². The first-order valence-electron chi connectivity index (χ1n) is 19.1. The van der Waals surface area contributed by atoms with Gasteiger partial charge in [0.2, 0.25) is 5.91 Å². The molecule has 0 aromatic heterocycles. The van der Waals surface area contributed by atoms with Crippen molar-refractivity contribution in [1.29, 1.82) is 0 Å². The van der Waals surface area contributed by atoms with Crippen LogP contribution in [0.2, 0.25) is 0 Å². The average Bonchev–Trinajstić information content (AvgIpc) is 3.42. The maximum atomic E-state index is 14.3. The van der Waals surface area contributed by atoms with Gasteiger partial charge in [0.05, 0.1) is 38.7 Å². The number of likely N-dealkylation sites (N-methyl/N-ethyl adjacent to an activating group) is 1. The second-order valence-corrected chi connectivity index (χ2v) is 19.0. The van der Waals surface area contributed by atoms with Crippen LogP contribution >= 0.6 is 0 Å². The van der Waals surface area contributed by atoms with E-state index >= 15 is 0 Å². The normalized spacial score (nSPS) is 40.2. The number of amides is 1. The molecular formula is C42H65N2O4+. The number of carbonyl (C=O) groups is 2. The predicted molar refractivity (Wildman–Crippen MR) is 192 cm³/mol. The largest absolute Gasteiger partial charge is 0.465 e. The lowest BCUT2D eigenvalue weighted by atomic mass is 9.32. The number of methoxy groups -OCH3 is 1. The van der Waals surface area contributed by atoms with Gasteiger partial charge in [0.1, 0.15) is 6.54 Å². The summed E-state index contributed by atoms with van der Waals surface area (Å²) in [4.78, 5) is 26.4. The Morgan fingerprint density at radius 2 is 1.60 bits per heavy atom. The standard InChI is InChI=1S/C42H64N2O4/c1-27(2)30-17-22-42(37(46)43-25-26-44(8,9)47)24-23-40(6)32(35(30)42)15-16-34-39(5)20-18-31(28-11-13-29(14-12-28)36(45)48-10)38(3,4)33(39)19-21-41(34,40)7/h11-14,18,27,30,32-35,47H,15-17,19-26H2,1-10H3/p+1/t30-,32+,33-,34+,35+,39-,40+,41+,42-/m0/s1. The number of quaternary nitrogens is 1. The molecule has 0 bridgehead atoms. The summed E-state index contributed by atoms with van der Waals surface area (Å²) in [5.74, 6) is 3.36. The van der Waals surface area contributed by atoms with Crippen molar-refractivity contribution in [2.75, 3.05) is 34.3 Å². The summed E-state index contributed by atoms with van der Waals surface area (Å²) in [6.45, 7) is 18.7. The van der Waals surface area contributed by atoms with Crippen molar-refractivity contribution in [3.63, 3.8) is 0 Å². The average molecular weight is 662 g/mol. The summed E-state index contributed by atoms with van der Waals surface area (Å²) in [6, 6.07) is 8.05. The molecule has 4 fully saturated rings. The highest BCUT2D eigenvalue weighted by Gasteiger charge is 2.71. The predicted octanol–water partition coefficient (Wildman–Crippen LogP) is 8.79. The number of ether oxygens (including phenoxy) is 1. The number of nitrogens with one attached hydrogen (secondary N) is 1. The highest BCUT2D eigenvalue weighted by molar-refractivity contribution is 5.90. The molecule has 9 atom stereocenters. The van der Waals surface area contributed by atoms with Crippen LogP contribution in [0.3, 0.4) is 0 Å². The van der Waals surface area contributed by atoms with Gasteiger partial charge in [-0.2, -0.15) is 4.65 Å². The number of benzene rings is 1. The topological polar surface area (TPSA) is 75.6 Å². The second-order valence-electron chi connectivity index (χ2n) is 19.0. The van der Waals surface area contributed by atoms with Crippen LogP contribution < -0.4 is 5.32 Å². The third-order valence-electron chi connectivity index (χ3n) is 15.9. The lowest BCUT2D eigenvalue weighted by molar-refractivity contribution is -1.07. The number of fused-ring (bicyclic) bond motifs is 7. The molecule has 2 N–H and O–H groups in total. The Hall–Kier alpha value is -2.18. The van der Waals surface area contributed by atoms with Gasteiger partial charge in [-0.3, -0.25) is 4.79 Å². The fraction of sp³-hybridized carbons (Fsp3) is 0.762. The van der Waals surface area contributed by atoms with Crippen molar-refractivity contribution in [3.8, 4) is 0 Å². The van der Waals surface area contributed by atoms with Crippen LogP contribution in [0.25, 0.3) is 5.57 Å². The monoisotopic (exact) mass is 661 g/mol. The number of hydrogen-bond donors (Lipinski definition) is 2. The number of rotatable bonds is 7. The van der Waals surface area contributed by atoms with Crippen LogP contribution in [0.4, 0.5) is 0 Å². The van der Waals surface area contributed by atoms with Gasteiger partial charge in [0, 0.05) is 0 Å². The van der Waals surface area contributed by atoms with Gasteiger partial charge >= 0.3 is 5.97 Å². The highest BCUT2D eigenvalue weighted by Crippen LogP contribution is 2.77. The zero-order valence-corrected chi connectivity index (χ0v) is 31.7. The third kappa shape index (κ3) is 5.24. The van der Waals surface area contributed by atoms with Gasteiger partial charge in [-0.1, -0.05) is 66.7 Å². The zero-order valence-electron chi connectivity index (χ0n) is 31.7. The Morgan fingerprint density at radius 1 is 0.917 bits per heavy atom. The lowest BCUT2D eigenvalue weighted by Gasteiger charge is -2.72. The minimum Gasteiger partial charge on any atom is -0.465 e. The van der Waals surface area contributed by atoms with Crippen LogP contribution in [0.1, 0.15) is 122 Å². The molecule has 266 valence electrons. The number of hydroxylamine groups is 3. The van der Waals surface area contributed by atoms with Crippen LogP contribution in [0, 0.1) is 62.6 Å². The summed E-state index contributed by atoms with van der Waals surface area (Å²) >= 11 is 0. The first-order valence-corrected chi connectivity index (χ1v) is 19.1. The van der Waals surface area contributed by atoms with Crippen LogP contribution in [-0.2, 0) is 9.53 Å². The maximum Gasteiger partial charge on any atom is 0.337 e. The summed E-state index contributed by atoms with van der Waals surface area (Å²) in [6.07, 6.45) is 12.9. The number of allylic oxidation sites excluding steroid dienone is 2. The molecule has 6 heteroatoms. The molecule has 48 heavy (non-hydrogen) atoms. The Kier molecular flexibility index (Phi) is 8.88. The van der Waals surface area contributed by atoms with E-state index in [4.69, 9.17) is 4.74 Å². The third-order valence-corrected chi connectivity index (χ3v) is 15.9. The molecule has 1 aromatic rings. The van der Waals surface area contributed by atoms with E-state index in [1.165, 1.54) is 43.9 Å². The fourth-order valence-corrected chi connectivity index (χ4v) is 13.4. The number of esters is 1. The van der Waals surface area contributed by atoms with E-state index in [2.05, 4.69) is 72.0 Å². The van der Waals surface area contributed by atoms with Crippen molar-refractivity contribution in [2.45, 2.75) is 106 Å². The first-order chi connectivity index (χ1) is 22.4. The molecule has 5 aliphatic rings. The molecule has 0 unspecified atom stereocenters. The van der Waals surface area contributed by atoms with Crippen LogP contribution in [0.5, 0.6) is 0 Å². The van der Waals surface area contributed by atoms with Crippen LogP contribution in [-0.4, -0.2) is 56.0 Å². The van der Waals surface area contributed by atoms with Crippen molar-refractivity contribution in [1.82, 2.24) is 5.32 Å². The Labute approximate surface area is 291 Å². The number of nitrogens with zero attached hydrogens (tertiary/aromatic N) is 1. The molecule has 1 amide bonds. The minimum absolute atomic E-state index is 0.0225. The summed E-state index contributed by atoms with van der Waals surface area (Å²) < 4.78 is 4.83. The Balaban J connectivity index is 1.31. The molecule has 0 spiro atoms. The number of carbonyl (C=O) groups excluding carboxylic acids is 2. The maximum absolute atomic E-state index is 14.3. The minimum atomic E-state index is -0.287. The molecule has 0 aliphatic heterocycles. The van der Waals surface area contributed by atoms with Crippen LogP contribution in [0.15, 0.2) is 30.3 Å². The summed E-state index contributed by atoms with van der Waals surface area (Å²) in [7, 11) is 4.98. The molecule has 1 aromatic carbocycles. The van der Waals surface area contributed by atoms with Gasteiger partial charge in [0.15, 0.2) is 0 Å². The quantitative estimate of drug-likeness (QED) is 0.174. The van der Waals surface area contributed by atoms with Gasteiger partial charge < -0.3 is 10.1 Å². The molecular weight excluding hydrogens is 596 g/mol. The molecule has 6 rings (SSSR count).